The third kappa shape index (κ3) is 4.63. The third-order valence-electron chi connectivity index (χ3n) is 3.96. The molecule has 0 bridgehead atoms. The van der Waals surface area contributed by atoms with Crippen LogP contribution in [0.2, 0.25) is 0 Å². The molecule has 6 heteroatoms. The molecule has 3 heterocycles. The fraction of sp³-hybridized carbons (Fsp3) is 0.263. The molecule has 1 fully saturated rings. The summed E-state index contributed by atoms with van der Waals surface area (Å²) in [5.74, 6) is 6.30. The second-order valence-corrected chi connectivity index (χ2v) is 5.67. The summed E-state index contributed by atoms with van der Waals surface area (Å²) in [5.41, 5.74) is 4.43. The lowest BCUT2D eigenvalue weighted by Crippen LogP contribution is -2.76. The first-order chi connectivity index (χ1) is 12.3. The summed E-state index contributed by atoms with van der Waals surface area (Å²) >= 11 is 0. The van der Waals surface area contributed by atoms with Crippen molar-refractivity contribution in [2.45, 2.75) is 12.8 Å². The van der Waals surface area contributed by atoms with E-state index in [2.05, 4.69) is 26.7 Å². The maximum Gasteiger partial charge on any atom is 0.214 e. The first kappa shape index (κ1) is 17.1. The molecular weight excluding hydrogens is 319 g/mol. The molecule has 1 aliphatic heterocycles. The van der Waals surface area contributed by atoms with Gasteiger partial charge in [-0.25, -0.2) is 14.8 Å². The Morgan fingerprint density at radius 3 is 2.84 bits per heavy atom. The van der Waals surface area contributed by atoms with Gasteiger partial charge in [0.05, 0.1) is 7.11 Å². The number of quaternary nitrogens is 1. The number of aromatic nitrogens is 2. The molecule has 0 amide bonds. The fourth-order valence-corrected chi connectivity index (χ4v) is 2.73. The minimum Gasteiger partial charge on any atom is -0.351 e. The number of hydrogen-bond donors (Lipinski definition) is 1. The Kier molecular flexibility index (Phi) is 5.73. The fourth-order valence-electron chi connectivity index (χ4n) is 2.73. The molecule has 0 aromatic carbocycles. The predicted octanol–water partition coefficient (Wildman–Crippen LogP) is 1.95. The quantitative estimate of drug-likeness (QED) is 0.528. The van der Waals surface area contributed by atoms with Gasteiger partial charge in [0.1, 0.15) is 5.69 Å². The molecule has 25 heavy (non-hydrogen) atoms. The zero-order chi connectivity index (χ0) is 17.5. The summed E-state index contributed by atoms with van der Waals surface area (Å²) in [4.78, 5) is 15.6. The highest BCUT2D eigenvalue weighted by molar-refractivity contribution is 5.57. The number of piperidine rings is 1. The number of nitrogens with zero attached hydrogens (tertiary/aromatic N) is 3. The van der Waals surface area contributed by atoms with Gasteiger partial charge in [-0.2, -0.15) is 9.87 Å². The third-order valence-corrected chi connectivity index (χ3v) is 3.96. The summed E-state index contributed by atoms with van der Waals surface area (Å²) in [6, 6.07) is 8.52. The highest BCUT2D eigenvalue weighted by Gasteiger charge is 2.19. The first-order valence-electron chi connectivity index (χ1n) is 8.14. The largest absolute Gasteiger partial charge is 0.351 e. The smallest absolute Gasteiger partial charge is 0.214 e. The van der Waals surface area contributed by atoms with Crippen molar-refractivity contribution in [3.63, 3.8) is 0 Å². The van der Waals surface area contributed by atoms with Gasteiger partial charge in [-0.05, 0) is 43.0 Å². The molecule has 2 aromatic heterocycles. The molecule has 0 saturated carbocycles. The number of nitrogens with two attached hydrogens (primary N) is 1. The van der Waals surface area contributed by atoms with E-state index in [4.69, 9.17) is 4.84 Å². The van der Waals surface area contributed by atoms with E-state index in [0.29, 0.717) is 5.69 Å². The minimum atomic E-state index is -0.508. The van der Waals surface area contributed by atoms with Crippen molar-refractivity contribution in [2.24, 2.45) is 0 Å². The molecule has 3 rings (SSSR count). The molecule has 2 N–H and O–H groups in total. The summed E-state index contributed by atoms with van der Waals surface area (Å²) in [7, 11) is 1.64. The van der Waals surface area contributed by atoms with E-state index >= 15 is 0 Å². The first-order valence-corrected chi connectivity index (χ1v) is 8.14. The number of rotatable bonds is 3. The Morgan fingerprint density at radius 1 is 1.24 bits per heavy atom. The normalized spacial score (nSPS) is 14.0. The zero-order valence-electron chi connectivity index (χ0n) is 14.1. The Hall–Kier alpha value is -2.75. The van der Waals surface area contributed by atoms with E-state index in [0.717, 1.165) is 37.4 Å². The molecular formula is C19H20FN4O+. The summed E-state index contributed by atoms with van der Waals surface area (Å²) in [6.07, 6.45) is 5.57. The van der Waals surface area contributed by atoms with Crippen molar-refractivity contribution < 1.29 is 14.7 Å². The molecule has 0 spiro atoms. The van der Waals surface area contributed by atoms with Gasteiger partial charge in [0, 0.05) is 25.4 Å². The lowest BCUT2D eigenvalue weighted by molar-refractivity contribution is -0.829. The second-order valence-electron chi connectivity index (χ2n) is 5.67. The molecule has 0 atom stereocenters. The van der Waals surface area contributed by atoms with Gasteiger partial charge in [-0.1, -0.05) is 17.6 Å². The lowest BCUT2D eigenvalue weighted by atomic mass is 10.0. The molecule has 0 radical (unpaired) electrons. The number of halogens is 1. The van der Waals surface area contributed by atoms with Crippen LogP contribution in [0.25, 0.3) is 0 Å². The molecule has 128 valence electrons. The highest BCUT2D eigenvalue weighted by atomic mass is 19.1. The standard InChI is InChI=1S/C19H19FN4O/c1-25-23-17-8-4-12-21-19(17)24-13-10-15(11-14-24)5-2-6-16-7-3-9-18(20)22-16/h3-5,7-9,12,23H,10-11,13-14H2,1H3/p+1. The van der Waals surface area contributed by atoms with Crippen molar-refractivity contribution in [2.75, 3.05) is 25.1 Å². The minimum absolute atomic E-state index is 0.447. The van der Waals surface area contributed by atoms with E-state index in [1.54, 1.807) is 30.9 Å². The Labute approximate surface area is 146 Å². The number of allylic oxidation sites excluding steroid dienone is 1. The summed E-state index contributed by atoms with van der Waals surface area (Å²) in [6.45, 7) is 1.76. The van der Waals surface area contributed by atoms with Crippen LogP contribution in [0.5, 0.6) is 0 Å². The predicted molar refractivity (Wildman–Crippen MR) is 93.4 cm³/mol. The van der Waals surface area contributed by atoms with Crippen LogP contribution in [0, 0.1) is 17.8 Å². The van der Waals surface area contributed by atoms with Gasteiger partial charge >= 0.3 is 0 Å². The van der Waals surface area contributed by atoms with Crippen molar-refractivity contribution in [3.8, 4) is 11.8 Å². The Balaban J connectivity index is 1.63. The van der Waals surface area contributed by atoms with Crippen LogP contribution in [0.4, 0.5) is 15.9 Å². The van der Waals surface area contributed by atoms with Crippen LogP contribution in [-0.2, 0) is 4.84 Å². The van der Waals surface area contributed by atoms with E-state index in [-0.39, 0.29) is 0 Å². The molecule has 5 nitrogen and oxygen atoms in total. The summed E-state index contributed by atoms with van der Waals surface area (Å²) < 4.78 is 13.0. The molecule has 0 aliphatic carbocycles. The number of hydrogen-bond acceptors (Lipinski definition) is 4. The van der Waals surface area contributed by atoms with Crippen LogP contribution >= 0.6 is 0 Å². The van der Waals surface area contributed by atoms with Crippen molar-refractivity contribution in [1.29, 1.82) is 0 Å². The monoisotopic (exact) mass is 339 g/mol. The van der Waals surface area contributed by atoms with Crippen LogP contribution in [0.1, 0.15) is 18.5 Å². The van der Waals surface area contributed by atoms with E-state index in [1.807, 2.05) is 18.2 Å². The highest BCUT2D eigenvalue weighted by Crippen LogP contribution is 2.24. The molecule has 2 aromatic rings. The van der Waals surface area contributed by atoms with E-state index in [9.17, 15) is 4.39 Å². The van der Waals surface area contributed by atoms with Gasteiger partial charge in [0.2, 0.25) is 11.6 Å². The van der Waals surface area contributed by atoms with Gasteiger partial charge in [-0.15, -0.1) is 0 Å². The number of pyridine rings is 2. The summed E-state index contributed by atoms with van der Waals surface area (Å²) in [5, 5.41) is 0. The van der Waals surface area contributed by atoms with Crippen molar-refractivity contribution in [1.82, 2.24) is 9.97 Å². The van der Waals surface area contributed by atoms with E-state index in [1.165, 1.54) is 11.6 Å². The molecule has 0 unspecified atom stereocenters. The van der Waals surface area contributed by atoms with Crippen LogP contribution < -0.4 is 10.4 Å². The Morgan fingerprint density at radius 2 is 2.08 bits per heavy atom. The lowest BCUT2D eigenvalue weighted by Gasteiger charge is -2.29. The maximum absolute atomic E-state index is 13.0. The molecule has 1 saturated heterocycles. The van der Waals surface area contributed by atoms with Crippen LogP contribution in [0.15, 0.2) is 48.2 Å². The SMILES string of the molecule is CO[NH2+]c1cccnc1N1CCC(=CC#Cc2cccc(F)n2)CC1. The topological polar surface area (TPSA) is 54.9 Å². The average molecular weight is 339 g/mol. The van der Waals surface area contributed by atoms with Crippen LogP contribution in [-0.4, -0.2) is 30.2 Å². The van der Waals surface area contributed by atoms with E-state index < -0.39 is 5.95 Å². The maximum atomic E-state index is 13.0. The molecule has 1 aliphatic rings. The average Bonchev–Trinajstić information content (AvgIpc) is 2.63. The van der Waals surface area contributed by atoms with Crippen LogP contribution in [0.3, 0.4) is 0 Å². The Bertz CT molecular complexity index is 815. The van der Waals surface area contributed by atoms with Gasteiger partial charge in [0.25, 0.3) is 0 Å². The number of anilines is 1. The van der Waals surface area contributed by atoms with Gasteiger partial charge < -0.3 is 4.90 Å². The van der Waals surface area contributed by atoms with Gasteiger partial charge in [-0.3, -0.25) is 0 Å². The zero-order valence-corrected chi connectivity index (χ0v) is 14.1. The van der Waals surface area contributed by atoms with Crippen molar-refractivity contribution >= 4 is 11.5 Å². The van der Waals surface area contributed by atoms with Crippen molar-refractivity contribution in [3.05, 3.63) is 59.8 Å². The van der Waals surface area contributed by atoms with Gasteiger partial charge in [0.15, 0.2) is 5.82 Å². The second kappa shape index (κ2) is 8.38.